The summed E-state index contributed by atoms with van der Waals surface area (Å²) in [5.41, 5.74) is 5.56. The van der Waals surface area contributed by atoms with E-state index in [4.69, 9.17) is 9.68 Å². The summed E-state index contributed by atoms with van der Waals surface area (Å²) in [6.07, 6.45) is 4.49. The topological polar surface area (TPSA) is 129 Å². The lowest BCUT2D eigenvalue weighted by atomic mass is 10.1. The van der Waals surface area contributed by atoms with Gasteiger partial charge in [-0.05, 0) is 24.3 Å². The molecule has 0 bridgehead atoms. The molecule has 0 fully saturated rings. The predicted molar refractivity (Wildman–Crippen MR) is 122 cm³/mol. The van der Waals surface area contributed by atoms with Crippen LogP contribution < -0.4 is 5.43 Å². The van der Waals surface area contributed by atoms with Crippen LogP contribution in [-0.4, -0.2) is 47.8 Å². The third kappa shape index (κ3) is 4.52. The molecule has 0 saturated heterocycles. The van der Waals surface area contributed by atoms with Gasteiger partial charge >= 0.3 is 0 Å². The lowest BCUT2D eigenvalue weighted by Gasteiger charge is -2.11. The van der Waals surface area contributed by atoms with Crippen molar-refractivity contribution in [1.82, 2.24) is 19.1 Å². The van der Waals surface area contributed by atoms with Crippen LogP contribution in [0.4, 0.5) is 5.88 Å². The molecule has 0 amide bonds. The molecule has 11 heteroatoms. The number of benzene rings is 2. The molecule has 10 nitrogen and oxygen atoms in total. The largest absolute Gasteiger partial charge is 0.425 e. The first-order valence-electron chi connectivity index (χ1n) is 9.71. The molecule has 1 N–H and O–H groups in total. The van der Waals surface area contributed by atoms with E-state index in [1.54, 1.807) is 35.1 Å². The highest BCUT2D eigenvalue weighted by atomic mass is 32.2. The first kappa shape index (κ1) is 21.9. The number of nitrogens with one attached hydrogen (secondary N) is 1. The fraction of sp³-hybridized carbons (Fsp3) is 0.0909. The Morgan fingerprint density at radius 3 is 2.55 bits per heavy atom. The molecule has 2 heterocycles. The van der Waals surface area contributed by atoms with Crippen LogP contribution >= 0.6 is 0 Å². The maximum absolute atomic E-state index is 12.4. The Kier molecular flexibility index (Phi) is 6.03. The van der Waals surface area contributed by atoms with Crippen LogP contribution in [0.25, 0.3) is 16.9 Å². The Hall–Kier alpha value is -4.27. The Morgan fingerprint density at radius 1 is 1.15 bits per heavy atom. The third-order valence-electron chi connectivity index (χ3n) is 4.71. The first-order valence-corrected chi connectivity index (χ1v) is 11.1. The molecule has 0 unspecified atom stereocenters. The average Bonchev–Trinajstić information content (AvgIpc) is 3.46. The van der Waals surface area contributed by atoms with Gasteiger partial charge in [-0.1, -0.05) is 30.3 Å². The van der Waals surface area contributed by atoms with E-state index in [9.17, 15) is 8.42 Å². The maximum Gasteiger partial charge on any atom is 0.251 e. The highest BCUT2D eigenvalue weighted by Crippen LogP contribution is 2.25. The van der Waals surface area contributed by atoms with Crippen molar-refractivity contribution < 1.29 is 12.8 Å². The molecule has 33 heavy (non-hydrogen) atoms. The Morgan fingerprint density at radius 2 is 1.88 bits per heavy atom. The summed E-state index contributed by atoms with van der Waals surface area (Å²) in [6.45, 7) is 0. The van der Waals surface area contributed by atoms with Gasteiger partial charge in [0.15, 0.2) is 6.39 Å². The van der Waals surface area contributed by atoms with Crippen molar-refractivity contribution in [3.63, 3.8) is 0 Å². The Balaban J connectivity index is 1.71. The van der Waals surface area contributed by atoms with E-state index >= 15 is 0 Å². The number of sulfonamides is 1. The van der Waals surface area contributed by atoms with Gasteiger partial charge in [0.05, 0.1) is 16.8 Å². The van der Waals surface area contributed by atoms with Crippen LogP contribution in [0.2, 0.25) is 0 Å². The number of nitrogens with zero attached hydrogens (tertiary/aromatic N) is 6. The number of rotatable bonds is 7. The van der Waals surface area contributed by atoms with Crippen molar-refractivity contribution in [2.45, 2.75) is 4.90 Å². The minimum Gasteiger partial charge on any atom is -0.425 e. The van der Waals surface area contributed by atoms with E-state index in [-0.39, 0.29) is 16.5 Å². The summed E-state index contributed by atoms with van der Waals surface area (Å²) in [5, 5.41) is 17.9. The van der Waals surface area contributed by atoms with Gasteiger partial charge in [-0.15, -0.1) is 0 Å². The minimum absolute atomic E-state index is 0.0880. The number of para-hydroxylation sites is 1. The maximum atomic E-state index is 12.4. The van der Waals surface area contributed by atoms with Crippen molar-refractivity contribution in [3.8, 4) is 23.0 Å². The second-order valence-electron chi connectivity index (χ2n) is 7.04. The average molecular weight is 462 g/mol. The van der Waals surface area contributed by atoms with Crippen LogP contribution in [0.15, 0.2) is 81.6 Å². The van der Waals surface area contributed by atoms with E-state index in [2.05, 4.69) is 20.6 Å². The normalized spacial score (nSPS) is 11.7. The number of hydrogen-bond donors (Lipinski definition) is 1. The molecule has 2 aromatic carbocycles. The zero-order chi connectivity index (χ0) is 23.4. The Labute approximate surface area is 190 Å². The second kappa shape index (κ2) is 9.07. The Bertz CT molecular complexity index is 1430. The molecule has 0 saturated carbocycles. The van der Waals surface area contributed by atoms with Gasteiger partial charge in [0.25, 0.3) is 5.88 Å². The smallest absolute Gasteiger partial charge is 0.251 e. The van der Waals surface area contributed by atoms with Gasteiger partial charge in [-0.3, -0.25) is 0 Å². The molecule has 0 radical (unpaired) electrons. The highest BCUT2D eigenvalue weighted by Gasteiger charge is 2.18. The standard InChI is InChI=1S/C22H19N7O3S/c1-28(2)33(30,31)19-10-8-16(9-11-19)21-17(13-25-26-22-20(12-23)24-15-32-22)14-29(27-21)18-6-4-3-5-7-18/h3-11,13-15,26H,1-2H3/b25-13+. The van der Waals surface area contributed by atoms with Crippen LogP contribution in [0.3, 0.4) is 0 Å². The van der Waals surface area contributed by atoms with Crippen LogP contribution in [0.5, 0.6) is 0 Å². The number of hydrazone groups is 1. The van der Waals surface area contributed by atoms with Gasteiger partial charge in [-0.2, -0.15) is 15.5 Å². The number of oxazole rings is 1. The third-order valence-corrected chi connectivity index (χ3v) is 6.54. The molecule has 0 aliphatic rings. The van der Waals surface area contributed by atoms with E-state index in [0.29, 0.717) is 16.8 Å². The lowest BCUT2D eigenvalue weighted by Crippen LogP contribution is -2.22. The summed E-state index contributed by atoms with van der Waals surface area (Å²) in [6, 6.07) is 17.9. The fourth-order valence-corrected chi connectivity index (χ4v) is 3.88. The molecular weight excluding hydrogens is 442 g/mol. The van der Waals surface area contributed by atoms with Crippen molar-refractivity contribution in [2.75, 3.05) is 19.5 Å². The van der Waals surface area contributed by atoms with Crippen molar-refractivity contribution in [2.24, 2.45) is 5.10 Å². The molecule has 166 valence electrons. The summed E-state index contributed by atoms with van der Waals surface area (Å²) >= 11 is 0. The SMILES string of the molecule is CN(C)S(=O)(=O)c1ccc(-c2nn(-c3ccccc3)cc2/C=N/Nc2ocnc2C#N)cc1. The molecule has 0 atom stereocenters. The monoisotopic (exact) mass is 461 g/mol. The molecule has 4 aromatic rings. The number of anilines is 1. The summed E-state index contributed by atoms with van der Waals surface area (Å²) in [5.74, 6) is 0.129. The highest BCUT2D eigenvalue weighted by molar-refractivity contribution is 7.89. The number of nitriles is 1. The summed E-state index contributed by atoms with van der Waals surface area (Å²) in [7, 11) is -0.572. The van der Waals surface area contributed by atoms with Gasteiger partial charge in [-0.25, -0.2) is 27.8 Å². The number of aromatic nitrogens is 3. The van der Waals surface area contributed by atoms with E-state index in [1.165, 1.54) is 20.3 Å². The number of hydrogen-bond acceptors (Lipinski definition) is 8. The molecular formula is C22H19N7O3S. The van der Waals surface area contributed by atoms with Crippen LogP contribution in [-0.2, 0) is 10.0 Å². The van der Waals surface area contributed by atoms with Crippen molar-refractivity contribution in [3.05, 3.63) is 78.4 Å². The van der Waals surface area contributed by atoms with E-state index in [1.807, 2.05) is 36.4 Å². The summed E-state index contributed by atoms with van der Waals surface area (Å²) < 4.78 is 32.7. The predicted octanol–water partition coefficient (Wildman–Crippen LogP) is 3.10. The van der Waals surface area contributed by atoms with E-state index < -0.39 is 10.0 Å². The molecule has 4 rings (SSSR count). The zero-order valence-electron chi connectivity index (χ0n) is 17.7. The van der Waals surface area contributed by atoms with Gasteiger partial charge < -0.3 is 4.42 Å². The van der Waals surface area contributed by atoms with Gasteiger partial charge in [0, 0.05) is 31.4 Å². The summed E-state index contributed by atoms with van der Waals surface area (Å²) in [4.78, 5) is 3.96. The molecule has 0 aliphatic carbocycles. The van der Waals surface area contributed by atoms with Gasteiger partial charge in [0.1, 0.15) is 11.8 Å². The fourth-order valence-electron chi connectivity index (χ4n) is 2.98. The molecule has 2 aromatic heterocycles. The van der Waals surface area contributed by atoms with Crippen LogP contribution in [0.1, 0.15) is 11.3 Å². The molecule has 0 aliphatic heterocycles. The lowest BCUT2D eigenvalue weighted by molar-refractivity contribution is 0.521. The van der Waals surface area contributed by atoms with Crippen molar-refractivity contribution in [1.29, 1.82) is 5.26 Å². The first-order chi connectivity index (χ1) is 15.9. The van der Waals surface area contributed by atoms with Gasteiger partial charge in [0.2, 0.25) is 15.7 Å². The minimum atomic E-state index is -3.54. The molecule has 0 spiro atoms. The second-order valence-corrected chi connectivity index (χ2v) is 9.19. The van der Waals surface area contributed by atoms with Crippen molar-refractivity contribution >= 4 is 22.1 Å². The quantitative estimate of drug-likeness (QED) is 0.331. The van der Waals surface area contributed by atoms with E-state index in [0.717, 1.165) is 16.4 Å². The van der Waals surface area contributed by atoms with Crippen LogP contribution in [0, 0.1) is 11.3 Å². The zero-order valence-corrected chi connectivity index (χ0v) is 18.6.